The average molecular weight is 350 g/mol. The molecule has 0 amide bonds. The van der Waals surface area contributed by atoms with Crippen LogP contribution in [0.3, 0.4) is 0 Å². The summed E-state index contributed by atoms with van der Waals surface area (Å²) in [6.07, 6.45) is 1.60. The summed E-state index contributed by atoms with van der Waals surface area (Å²) in [7, 11) is -3.57. The molecule has 0 bridgehead atoms. The first-order valence-corrected chi connectivity index (χ1v) is 9.00. The maximum absolute atomic E-state index is 12.3. The van der Waals surface area contributed by atoms with Crippen LogP contribution in [0.1, 0.15) is 10.6 Å². The molecular weight excluding hydrogens is 336 g/mol. The topological polar surface area (TPSA) is 97.1 Å². The first-order valence-electron chi connectivity index (χ1n) is 6.70. The highest BCUT2D eigenvalue weighted by Crippen LogP contribution is 2.23. The molecule has 0 unspecified atom stereocenters. The molecule has 2 N–H and O–H groups in total. The summed E-state index contributed by atoms with van der Waals surface area (Å²) < 4.78 is 28.8. The molecule has 0 fully saturated rings. The van der Waals surface area contributed by atoms with E-state index in [4.69, 9.17) is 5.11 Å². The lowest BCUT2D eigenvalue weighted by molar-refractivity contribution is 0.276. The van der Waals surface area contributed by atoms with Gasteiger partial charge in [-0.25, -0.2) is 13.1 Å². The van der Waals surface area contributed by atoms with E-state index in [0.29, 0.717) is 17.1 Å². The Morgan fingerprint density at radius 2 is 1.96 bits per heavy atom. The molecular formula is C14H14N4O3S2. The van der Waals surface area contributed by atoms with Gasteiger partial charge in [-0.3, -0.25) is 4.72 Å². The molecule has 7 nitrogen and oxygen atoms in total. The molecule has 2 aromatic heterocycles. The number of aliphatic hydroxyl groups excluding tert-OH is 1. The van der Waals surface area contributed by atoms with Gasteiger partial charge in [0.25, 0.3) is 10.0 Å². The van der Waals surface area contributed by atoms with Crippen molar-refractivity contribution in [1.82, 2.24) is 15.0 Å². The Labute approximate surface area is 137 Å². The maximum atomic E-state index is 12.3. The van der Waals surface area contributed by atoms with Crippen LogP contribution in [0.5, 0.6) is 0 Å². The van der Waals surface area contributed by atoms with Gasteiger partial charge in [0.1, 0.15) is 9.90 Å². The largest absolute Gasteiger partial charge is 0.390 e. The van der Waals surface area contributed by atoms with E-state index in [1.54, 1.807) is 42.6 Å². The van der Waals surface area contributed by atoms with E-state index in [1.807, 2.05) is 6.92 Å². The van der Waals surface area contributed by atoms with Crippen LogP contribution in [-0.2, 0) is 16.6 Å². The van der Waals surface area contributed by atoms with E-state index in [0.717, 1.165) is 4.88 Å². The SMILES string of the molecule is Cc1ccc(S(=O)(=O)Nc2ccc(-n3cc(CO)nn3)cc2)s1. The van der Waals surface area contributed by atoms with E-state index in [9.17, 15) is 8.42 Å². The first kappa shape index (κ1) is 15.7. The number of anilines is 1. The Balaban J connectivity index is 1.80. The van der Waals surface area contributed by atoms with Crippen molar-refractivity contribution in [3.8, 4) is 5.69 Å². The second-order valence-electron chi connectivity index (χ2n) is 4.83. The normalized spacial score (nSPS) is 11.6. The third-order valence-corrected chi connectivity index (χ3v) is 5.94. The molecule has 0 spiro atoms. The lowest BCUT2D eigenvalue weighted by Crippen LogP contribution is -2.11. The first-order chi connectivity index (χ1) is 11.0. The van der Waals surface area contributed by atoms with Crippen LogP contribution in [0.15, 0.2) is 46.8 Å². The van der Waals surface area contributed by atoms with Crippen LogP contribution in [0.4, 0.5) is 5.69 Å². The number of nitrogens with zero attached hydrogens (tertiary/aromatic N) is 3. The van der Waals surface area contributed by atoms with Gasteiger partial charge in [0, 0.05) is 10.6 Å². The van der Waals surface area contributed by atoms with Crippen LogP contribution in [-0.4, -0.2) is 28.5 Å². The van der Waals surface area contributed by atoms with E-state index < -0.39 is 10.0 Å². The Hall–Kier alpha value is -2.23. The fraction of sp³-hybridized carbons (Fsp3) is 0.143. The quantitative estimate of drug-likeness (QED) is 0.733. The smallest absolute Gasteiger partial charge is 0.271 e. The number of aryl methyl sites for hydroxylation is 1. The lowest BCUT2D eigenvalue weighted by Gasteiger charge is -2.07. The Morgan fingerprint density at radius 1 is 1.22 bits per heavy atom. The Bertz CT molecular complexity index is 914. The fourth-order valence-corrected chi connectivity index (χ4v) is 4.28. The zero-order chi connectivity index (χ0) is 16.4. The van der Waals surface area contributed by atoms with Crippen molar-refractivity contribution in [2.45, 2.75) is 17.7 Å². The van der Waals surface area contributed by atoms with E-state index >= 15 is 0 Å². The van der Waals surface area contributed by atoms with Gasteiger partial charge < -0.3 is 5.11 Å². The van der Waals surface area contributed by atoms with Gasteiger partial charge in [0.05, 0.1) is 18.5 Å². The molecule has 0 atom stereocenters. The van der Waals surface area contributed by atoms with Crippen LogP contribution in [0.2, 0.25) is 0 Å². The Morgan fingerprint density at radius 3 is 2.52 bits per heavy atom. The zero-order valence-electron chi connectivity index (χ0n) is 12.2. The highest BCUT2D eigenvalue weighted by atomic mass is 32.2. The second kappa shape index (κ2) is 6.11. The average Bonchev–Trinajstić information content (AvgIpc) is 3.16. The molecule has 0 radical (unpaired) electrons. The second-order valence-corrected chi connectivity index (χ2v) is 8.03. The number of nitrogens with one attached hydrogen (secondary N) is 1. The van der Waals surface area contributed by atoms with Gasteiger partial charge in [0.15, 0.2) is 0 Å². The van der Waals surface area contributed by atoms with Gasteiger partial charge in [0.2, 0.25) is 0 Å². The molecule has 0 aliphatic carbocycles. The summed E-state index contributed by atoms with van der Waals surface area (Å²) >= 11 is 1.22. The molecule has 1 aromatic carbocycles. The van der Waals surface area contributed by atoms with Crippen molar-refractivity contribution >= 4 is 27.0 Å². The van der Waals surface area contributed by atoms with Crippen LogP contribution in [0.25, 0.3) is 5.69 Å². The number of hydrogen-bond donors (Lipinski definition) is 2. The molecule has 0 aliphatic rings. The number of aromatic nitrogens is 3. The molecule has 0 saturated heterocycles. The standard InChI is InChI=1S/C14H14N4O3S2/c1-10-2-7-14(22-10)23(20,21)16-11-3-5-13(6-4-11)18-8-12(9-19)15-17-18/h2-8,16,19H,9H2,1H3. The van der Waals surface area contributed by atoms with E-state index in [2.05, 4.69) is 15.0 Å². The van der Waals surface area contributed by atoms with Gasteiger partial charge in [-0.1, -0.05) is 5.21 Å². The molecule has 9 heteroatoms. The number of benzene rings is 1. The van der Waals surface area contributed by atoms with Crippen molar-refractivity contribution in [3.63, 3.8) is 0 Å². The predicted octanol–water partition coefficient (Wildman–Crippen LogP) is 1.93. The number of hydrogen-bond acceptors (Lipinski definition) is 6. The molecule has 0 saturated carbocycles. The summed E-state index contributed by atoms with van der Waals surface area (Å²) in [6, 6.07) is 10.1. The van der Waals surface area contributed by atoms with Gasteiger partial charge in [-0.05, 0) is 43.3 Å². The van der Waals surface area contributed by atoms with E-state index in [-0.39, 0.29) is 10.8 Å². The van der Waals surface area contributed by atoms with Gasteiger partial charge in [-0.2, -0.15) is 0 Å². The van der Waals surface area contributed by atoms with E-state index in [1.165, 1.54) is 16.0 Å². The summed E-state index contributed by atoms with van der Waals surface area (Å²) in [5, 5.41) is 16.7. The number of rotatable bonds is 5. The summed E-state index contributed by atoms with van der Waals surface area (Å²) in [5.41, 5.74) is 1.64. The number of thiophene rings is 1. The highest BCUT2D eigenvalue weighted by Gasteiger charge is 2.16. The van der Waals surface area contributed by atoms with Crippen LogP contribution >= 0.6 is 11.3 Å². The minimum atomic E-state index is -3.57. The minimum absolute atomic E-state index is 0.182. The van der Waals surface area contributed by atoms with Crippen molar-refractivity contribution in [2.24, 2.45) is 0 Å². The maximum Gasteiger partial charge on any atom is 0.271 e. The monoisotopic (exact) mass is 350 g/mol. The van der Waals surface area contributed by atoms with Crippen molar-refractivity contribution in [1.29, 1.82) is 0 Å². The molecule has 3 aromatic rings. The molecule has 120 valence electrons. The number of aliphatic hydroxyl groups is 1. The minimum Gasteiger partial charge on any atom is -0.390 e. The fourth-order valence-electron chi connectivity index (χ4n) is 1.94. The summed E-state index contributed by atoms with van der Waals surface area (Å²) in [4.78, 5) is 0.937. The van der Waals surface area contributed by atoms with Crippen molar-refractivity contribution < 1.29 is 13.5 Å². The third-order valence-electron chi connectivity index (χ3n) is 3.07. The Kier molecular flexibility index (Phi) is 4.16. The highest BCUT2D eigenvalue weighted by molar-refractivity contribution is 7.94. The van der Waals surface area contributed by atoms with Crippen LogP contribution < -0.4 is 4.72 Å². The zero-order valence-corrected chi connectivity index (χ0v) is 13.8. The lowest BCUT2D eigenvalue weighted by atomic mass is 10.3. The molecule has 23 heavy (non-hydrogen) atoms. The third kappa shape index (κ3) is 3.41. The number of sulfonamides is 1. The van der Waals surface area contributed by atoms with Crippen molar-refractivity contribution in [3.05, 3.63) is 53.2 Å². The van der Waals surface area contributed by atoms with Gasteiger partial charge >= 0.3 is 0 Å². The molecule has 2 heterocycles. The van der Waals surface area contributed by atoms with Crippen molar-refractivity contribution in [2.75, 3.05) is 4.72 Å². The molecule has 0 aliphatic heterocycles. The summed E-state index contributed by atoms with van der Waals surface area (Å²) in [6.45, 7) is 1.68. The predicted molar refractivity (Wildman–Crippen MR) is 87.1 cm³/mol. The van der Waals surface area contributed by atoms with Crippen LogP contribution in [0, 0.1) is 6.92 Å². The molecule has 3 rings (SSSR count). The van der Waals surface area contributed by atoms with Gasteiger partial charge in [-0.15, -0.1) is 16.4 Å². The summed E-state index contributed by atoms with van der Waals surface area (Å²) in [5.74, 6) is 0.